The molecular weight excluding hydrogens is 569 g/mol. The molecule has 0 radical (unpaired) electrons. The van der Waals surface area contributed by atoms with Crippen LogP contribution in [0.3, 0.4) is 0 Å². The molecule has 0 heterocycles. The number of hydrogen-bond donors (Lipinski definition) is 2. The predicted molar refractivity (Wildman–Crippen MR) is 202 cm³/mol. The Morgan fingerprint density at radius 2 is 0.889 bits per heavy atom. The number of aromatic hydroxyl groups is 2. The summed E-state index contributed by atoms with van der Waals surface area (Å²) in [4.78, 5) is 0. The molecule has 0 fully saturated rings. The molecule has 0 saturated heterocycles. The summed E-state index contributed by atoms with van der Waals surface area (Å²) in [6.45, 7) is 22.2. The molecule has 45 heavy (non-hydrogen) atoms. The Kier molecular flexibility index (Phi) is 16.4. The number of phenols is 2. The van der Waals surface area contributed by atoms with Crippen LogP contribution < -0.4 is 0 Å². The zero-order chi connectivity index (χ0) is 33.7. The molecule has 2 aromatic carbocycles. The van der Waals surface area contributed by atoms with Crippen molar-refractivity contribution in [1.29, 1.82) is 0 Å². The Morgan fingerprint density at radius 3 is 1.31 bits per heavy atom. The van der Waals surface area contributed by atoms with E-state index in [9.17, 15) is 10.2 Å². The lowest BCUT2D eigenvalue weighted by atomic mass is 9.64. The molecule has 0 aliphatic rings. The summed E-state index contributed by atoms with van der Waals surface area (Å²) in [7, 11) is 0. The average molecular weight is 639 g/mol. The molecule has 2 rings (SSSR count). The molecular formula is C42H70O2S. The van der Waals surface area contributed by atoms with Gasteiger partial charge in [-0.1, -0.05) is 145 Å². The molecule has 0 bridgehead atoms. The highest BCUT2D eigenvalue weighted by Crippen LogP contribution is 2.49. The molecule has 0 unspecified atom stereocenters. The Hall–Kier alpha value is -1.61. The first-order valence-corrected chi connectivity index (χ1v) is 19.6. The van der Waals surface area contributed by atoms with Gasteiger partial charge < -0.3 is 10.2 Å². The summed E-state index contributed by atoms with van der Waals surface area (Å²) >= 11 is 2.12. The molecule has 2 nitrogen and oxygen atoms in total. The first-order chi connectivity index (χ1) is 21.2. The van der Waals surface area contributed by atoms with Crippen molar-refractivity contribution >= 4 is 11.8 Å². The number of aryl methyl sites for hydroxylation is 2. The van der Waals surface area contributed by atoms with Gasteiger partial charge in [-0.2, -0.15) is 11.8 Å². The Morgan fingerprint density at radius 1 is 0.489 bits per heavy atom. The standard InChI is InChI=1S/C42H70O2S/c1-11-13-15-16-17-18-19-20-21-23-26-45-27-25-42(24-22-14-12-2,34-30-36(40(5,6)7)38(43)28-32(34)3)35-31-37(41(8,9)10)39(44)29-33(35)4/h28-31,43-44H,11-27H2,1-10H3. The third-order valence-electron chi connectivity index (χ3n) is 9.86. The monoisotopic (exact) mass is 639 g/mol. The molecule has 2 N–H and O–H groups in total. The molecule has 0 atom stereocenters. The Bertz CT molecular complexity index is 1080. The molecule has 0 spiro atoms. The van der Waals surface area contributed by atoms with Crippen molar-refractivity contribution in [2.75, 3.05) is 11.5 Å². The fourth-order valence-electron chi connectivity index (χ4n) is 7.14. The van der Waals surface area contributed by atoms with Crippen LogP contribution in [-0.2, 0) is 16.2 Å². The number of benzene rings is 2. The van der Waals surface area contributed by atoms with Crippen molar-refractivity contribution in [3.05, 3.63) is 57.6 Å². The zero-order valence-electron chi connectivity index (χ0n) is 31.1. The van der Waals surface area contributed by atoms with Gasteiger partial charge >= 0.3 is 0 Å². The maximum atomic E-state index is 11.1. The molecule has 0 aromatic heterocycles. The van der Waals surface area contributed by atoms with Crippen molar-refractivity contribution in [2.24, 2.45) is 0 Å². The van der Waals surface area contributed by atoms with Gasteiger partial charge in [0.1, 0.15) is 11.5 Å². The van der Waals surface area contributed by atoms with E-state index in [2.05, 4.69) is 93.1 Å². The lowest BCUT2D eigenvalue weighted by molar-refractivity contribution is 0.415. The second-order valence-electron chi connectivity index (χ2n) is 16.0. The SMILES string of the molecule is CCCCCCCCCCCCSCCC(CCCCC)(c1cc(C(C)(C)C)c(O)cc1C)c1cc(C(C)(C)C)c(O)cc1C. The van der Waals surface area contributed by atoms with Gasteiger partial charge in [-0.05, 0) is 101 Å². The minimum absolute atomic E-state index is 0.160. The van der Waals surface area contributed by atoms with E-state index in [0.717, 1.165) is 36.1 Å². The fourth-order valence-corrected chi connectivity index (χ4v) is 8.25. The van der Waals surface area contributed by atoms with Gasteiger partial charge in [0, 0.05) is 5.41 Å². The van der Waals surface area contributed by atoms with Crippen LogP contribution >= 0.6 is 11.8 Å². The van der Waals surface area contributed by atoms with Crippen molar-refractivity contribution in [3.63, 3.8) is 0 Å². The van der Waals surface area contributed by atoms with E-state index in [0.29, 0.717) is 11.5 Å². The summed E-state index contributed by atoms with van der Waals surface area (Å²) in [6.07, 6.45) is 19.5. The van der Waals surface area contributed by atoms with Gasteiger partial charge in [0.15, 0.2) is 0 Å². The van der Waals surface area contributed by atoms with Crippen molar-refractivity contribution < 1.29 is 10.2 Å². The summed E-state index contributed by atoms with van der Waals surface area (Å²) in [5.74, 6) is 3.14. The molecule has 3 heteroatoms. The zero-order valence-corrected chi connectivity index (χ0v) is 31.9. The van der Waals surface area contributed by atoms with Gasteiger partial charge in [-0.25, -0.2) is 0 Å². The lowest BCUT2D eigenvalue weighted by Gasteiger charge is -2.40. The third kappa shape index (κ3) is 11.9. The first-order valence-electron chi connectivity index (χ1n) is 18.5. The van der Waals surface area contributed by atoms with Crippen LogP contribution in [0.2, 0.25) is 0 Å². The second kappa shape index (κ2) is 18.7. The number of rotatable bonds is 20. The van der Waals surface area contributed by atoms with E-state index in [1.54, 1.807) is 0 Å². The van der Waals surface area contributed by atoms with Crippen molar-refractivity contribution in [2.45, 2.75) is 182 Å². The smallest absolute Gasteiger partial charge is 0.119 e. The highest BCUT2D eigenvalue weighted by Gasteiger charge is 2.38. The largest absolute Gasteiger partial charge is 0.508 e. The van der Waals surface area contributed by atoms with Gasteiger partial charge in [0.05, 0.1) is 0 Å². The summed E-state index contributed by atoms with van der Waals surface area (Å²) < 4.78 is 0. The van der Waals surface area contributed by atoms with E-state index < -0.39 is 0 Å². The number of thioether (sulfide) groups is 1. The average Bonchev–Trinajstić information content (AvgIpc) is 2.93. The summed E-state index contributed by atoms with van der Waals surface area (Å²) in [6, 6.07) is 8.71. The number of hydrogen-bond acceptors (Lipinski definition) is 3. The van der Waals surface area contributed by atoms with E-state index in [1.165, 1.54) is 105 Å². The van der Waals surface area contributed by atoms with Crippen LogP contribution in [0.5, 0.6) is 11.5 Å². The topological polar surface area (TPSA) is 40.5 Å². The van der Waals surface area contributed by atoms with Crippen molar-refractivity contribution in [1.82, 2.24) is 0 Å². The summed E-state index contributed by atoms with van der Waals surface area (Å²) in [5.41, 5.74) is 6.59. The lowest BCUT2D eigenvalue weighted by Crippen LogP contribution is -2.32. The maximum absolute atomic E-state index is 11.1. The normalized spacial score (nSPS) is 12.7. The van der Waals surface area contributed by atoms with Crippen LogP contribution in [0.25, 0.3) is 0 Å². The Labute approximate surface area is 283 Å². The predicted octanol–water partition coefficient (Wildman–Crippen LogP) is 13.2. The number of phenolic OH excluding ortho intramolecular Hbond substituents is 2. The van der Waals surface area contributed by atoms with Crippen molar-refractivity contribution in [3.8, 4) is 11.5 Å². The van der Waals surface area contributed by atoms with Gasteiger partial charge in [0.2, 0.25) is 0 Å². The first kappa shape index (κ1) is 39.6. The quantitative estimate of drug-likeness (QED) is 0.142. The highest BCUT2D eigenvalue weighted by atomic mass is 32.2. The van der Waals surface area contributed by atoms with Crippen LogP contribution in [-0.4, -0.2) is 21.7 Å². The molecule has 0 amide bonds. The highest BCUT2D eigenvalue weighted by molar-refractivity contribution is 7.99. The third-order valence-corrected chi connectivity index (χ3v) is 10.9. The molecule has 256 valence electrons. The molecule has 0 aliphatic heterocycles. The van der Waals surface area contributed by atoms with Gasteiger partial charge in [-0.3, -0.25) is 0 Å². The number of unbranched alkanes of at least 4 members (excludes halogenated alkanes) is 11. The minimum atomic E-state index is -0.185. The maximum Gasteiger partial charge on any atom is 0.119 e. The summed E-state index contributed by atoms with van der Waals surface area (Å²) in [5, 5.41) is 22.2. The second-order valence-corrected chi connectivity index (χ2v) is 17.2. The van der Waals surface area contributed by atoms with E-state index in [4.69, 9.17) is 0 Å². The van der Waals surface area contributed by atoms with E-state index in [-0.39, 0.29) is 16.2 Å². The van der Waals surface area contributed by atoms with Crippen LogP contribution in [0.15, 0.2) is 24.3 Å². The molecule has 2 aromatic rings. The van der Waals surface area contributed by atoms with E-state index in [1.807, 2.05) is 12.1 Å². The molecule has 0 aliphatic carbocycles. The van der Waals surface area contributed by atoms with Gasteiger partial charge in [0.25, 0.3) is 0 Å². The minimum Gasteiger partial charge on any atom is -0.508 e. The van der Waals surface area contributed by atoms with Crippen LogP contribution in [0, 0.1) is 13.8 Å². The van der Waals surface area contributed by atoms with Crippen LogP contribution in [0.1, 0.15) is 185 Å². The van der Waals surface area contributed by atoms with Crippen LogP contribution in [0.4, 0.5) is 0 Å². The van der Waals surface area contributed by atoms with E-state index >= 15 is 0 Å². The van der Waals surface area contributed by atoms with Gasteiger partial charge in [-0.15, -0.1) is 0 Å². The Balaban J connectivity index is 2.40. The fraction of sp³-hybridized carbons (Fsp3) is 0.714. The molecule has 0 saturated carbocycles.